The number of aromatic nitrogens is 2. The van der Waals surface area contributed by atoms with Crippen molar-refractivity contribution < 1.29 is 13.9 Å². The number of amides is 1. The van der Waals surface area contributed by atoms with E-state index < -0.39 is 5.82 Å². The van der Waals surface area contributed by atoms with Gasteiger partial charge in [0, 0.05) is 28.9 Å². The molecule has 0 radical (unpaired) electrons. The highest BCUT2D eigenvalue weighted by Gasteiger charge is 2.13. The average molecular weight is 454 g/mol. The molecule has 2 N–H and O–H groups in total. The van der Waals surface area contributed by atoms with Gasteiger partial charge in [-0.05, 0) is 24.3 Å². The minimum atomic E-state index is -0.503. The van der Waals surface area contributed by atoms with E-state index in [2.05, 4.69) is 36.5 Å². The van der Waals surface area contributed by atoms with Crippen LogP contribution in [0.25, 0.3) is 10.9 Å². The highest BCUT2D eigenvalue weighted by molar-refractivity contribution is 9.09. The van der Waals surface area contributed by atoms with Gasteiger partial charge in [-0.2, -0.15) is 0 Å². The number of rotatable bonds is 6. The molecular weight excluding hydrogens is 439 g/mol. The summed E-state index contributed by atoms with van der Waals surface area (Å²) in [6.07, 6.45) is 1.73. The Hall–Kier alpha value is -2.45. The van der Waals surface area contributed by atoms with Gasteiger partial charge >= 0.3 is 0 Å². The average Bonchev–Trinajstić information content (AvgIpc) is 2.65. The Balaban J connectivity index is 2.02. The van der Waals surface area contributed by atoms with E-state index in [1.54, 1.807) is 18.2 Å². The molecular formula is C18H15BrClFN4O2. The van der Waals surface area contributed by atoms with E-state index in [1.807, 2.05) is 0 Å². The third kappa shape index (κ3) is 4.45. The number of fused-ring (bicyclic) bond motifs is 1. The molecule has 0 saturated carbocycles. The van der Waals surface area contributed by atoms with Crippen molar-refractivity contribution in [1.29, 1.82) is 0 Å². The van der Waals surface area contributed by atoms with E-state index in [-0.39, 0.29) is 10.9 Å². The predicted molar refractivity (Wildman–Crippen MR) is 108 cm³/mol. The number of carbonyl (C=O) groups excluding carboxylic acids is 1. The van der Waals surface area contributed by atoms with Gasteiger partial charge in [-0.15, -0.1) is 0 Å². The van der Waals surface area contributed by atoms with Gasteiger partial charge in [0.2, 0.25) is 5.91 Å². The second-order valence-corrected chi connectivity index (χ2v) is 6.73. The summed E-state index contributed by atoms with van der Waals surface area (Å²) in [7, 11) is 1.52. The van der Waals surface area contributed by atoms with Crippen LogP contribution in [0.3, 0.4) is 0 Å². The summed E-state index contributed by atoms with van der Waals surface area (Å²) in [6, 6.07) is 7.73. The van der Waals surface area contributed by atoms with E-state index in [0.717, 1.165) is 0 Å². The quantitative estimate of drug-likeness (QED) is 0.519. The van der Waals surface area contributed by atoms with Crippen LogP contribution >= 0.6 is 27.5 Å². The lowest BCUT2D eigenvalue weighted by Gasteiger charge is -2.14. The number of ether oxygens (including phenoxy) is 1. The van der Waals surface area contributed by atoms with Crippen LogP contribution in [-0.4, -0.2) is 28.3 Å². The van der Waals surface area contributed by atoms with Crippen molar-refractivity contribution in [2.24, 2.45) is 0 Å². The van der Waals surface area contributed by atoms with Crippen LogP contribution in [0.4, 0.5) is 21.6 Å². The van der Waals surface area contributed by atoms with Crippen LogP contribution in [0.2, 0.25) is 5.02 Å². The van der Waals surface area contributed by atoms with Crippen molar-refractivity contribution in [1.82, 2.24) is 9.97 Å². The number of carbonyl (C=O) groups is 1. The maximum absolute atomic E-state index is 13.4. The van der Waals surface area contributed by atoms with Gasteiger partial charge in [0.1, 0.15) is 23.7 Å². The summed E-state index contributed by atoms with van der Waals surface area (Å²) in [5.74, 6) is 0.318. The maximum Gasteiger partial charge on any atom is 0.225 e. The van der Waals surface area contributed by atoms with E-state index in [4.69, 9.17) is 16.3 Å². The summed E-state index contributed by atoms with van der Waals surface area (Å²) in [5, 5.41) is 7.12. The lowest BCUT2D eigenvalue weighted by Crippen LogP contribution is -2.12. The first-order valence-electron chi connectivity index (χ1n) is 7.92. The molecule has 0 aliphatic rings. The number of nitrogens with zero attached hydrogens (tertiary/aromatic N) is 2. The van der Waals surface area contributed by atoms with Gasteiger partial charge < -0.3 is 15.4 Å². The van der Waals surface area contributed by atoms with Gasteiger partial charge in [0.05, 0.1) is 23.3 Å². The number of methoxy groups -OCH3 is 1. The Kier molecular flexibility index (Phi) is 6.08. The molecule has 3 rings (SSSR count). The predicted octanol–water partition coefficient (Wildman–Crippen LogP) is 4.90. The number of benzene rings is 2. The van der Waals surface area contributed by atoms with Crippen molar-refractivity contribution in [3.8, 4) is 5.75 Å². The van der Waals surface area contributed by atoms with E-state index in [0.29, 0.717) is 45.6 Å². The van der Waals surface area contributed by atoms with Crippen molar-refractivity contribution in [3.05, 3.63) is 47.5 Å². The fraction of sp³-hybridized carbons (Fsp3) is 0.167. The fourth-order valence-electron chi connectivity index (χ4n) is 2.46. The third-order valence-electron chi connectivity index (χ3n) is 3.73. The molecule has 6 nitrogen and oxygen atoms in total. The summed E-state index contributed by atoms with van der Waals surface area (Å²) in [5.41, 5.74) is 1.70. The Bertz CT molecular complexity index is 1000. The Morgan fingerprint density at radius 1 is 1.30 bits per heavy atom. The van der Waals surface area contributed by atoms with Crippen LogP contribution in [0, 0.1) is 5.82 Å². The molecule has 0 bridgehead atoms. The first kappa shape index (κ1) is 19.3. The molecule has 0 unspecified atom stereocenters. The Morgan fingerprint density at radius 2 is 2.11 bits per heavy atom. The first-order chi connectivity index (χ1) is 13.0. The molecule has 0 spiro atoms. The minimum Gasteiger partial charge on any atom is -0.494 e. The fourth-order valence-corrected chi connectivity index (χ4v) is 3.00. The van der Waals surface area contributed by atoms with Gasteiger partial charge in [0.25, 0.3) is 0 Å². The normalized spacial score (nSPS) is 10.7. The number of alkyl halides is 1. The Morgan fingerprint density at radius 3 is 2.81 bits per heavy atom. The zero-order valence-electron chi connectivity index (χ0n) is 14.2. The lowest BCUT2D eigenvalue weighted by atomic mass is 10.1. The van der Waals surface area contributed by atoms with Crippen LogP contribution in [-0.2, 0) is 4.79 Å². The highest BCUT2D eigenvalue weighted by atomic mass is 79.9. The maximum atomic E-state index is 13.4. The summed E-state index contributed by atoms with van der Waals surface area (Å²) < 4.78 is 18.7. The van der Waals surface area contributed by atoms with Crippen molar-refractivity contribution in [2.45, 2.75) is 6.42 Å². The second kappa shape index (κ2) is 8.49. The second-order valence-electron chi connectivity index (χ2n) is 5.53. The topological polar surface area (TPSA) is 76.1 Å². The Labute approximate surface area is 168 Å². The zero-order chi connectivity index (χ0) is 19.4. The molecule has 0 aliphatic carbocycles. The van der Waals surface area contributed by atoms with Crippen molar-refractivity contribution >= 4 is 61.5 Å². The monoisotopic (exact) mass is 452 g/mol. The highest BCUT2D eigenvalue weighted by Crippen LogP contribution is 2.33. The largest absolute Gasteiger partial charge is 0.494 e. The molecule has 9 heteroatoms. The third-order valence-corrected chi connectivity index (χ3v) is 4.42. The van der Waals surface area contributed by atoms with Crippen LogP contribution in [0.1, 0.15) is 6.42 Å². The number of anilines is 3. The minimum absolute atomic E-state index is 0.00255. The molecule has 140 valence electrons. The summed E-state index contributed by atoms with van der Waals surface area (Å²) >= 11 is 9.07. The molecule has 0 saturated heterocycles. The standard InChI is InChI=1S/C18H15BrClFN4O2/c1-27-16-8-14-11(7-15(16)25-17(26)4-5-19)18(23-9-22-14)24-10-2-3-13(21)12(20)6-10/h2-3,6-9H,4-5H2,1H3,(H,25,26)(H,22,23,24). The molecule has 1 amide bonds. The number of hydrogen-bond donors (Lipinski definition) is 2. The van der Waals surface area contributed by atoms with Gasteiger partial charge in [-0.25, -0.2) is 14.4 Å². The van der Waals surface area contributed by atoms with Gasteiger partial charge in [-0.3, -0.25) is 4.79 Å². The van der Waals surface area contributed by atoms with Crippen molar-refractivity contribution in [2.75, 3.05) is 23.1 Å². The molecule has 0 fully saturated rings. The molecule has 27 heavy (non-hydrogen) atoms. The molecule has 3 aromatic rings. The first-order valence-corrected chi connectivity index (χ1v) is 9.42. The van der Waals surface area contributed by atoms with Gasteiger partial charge in [-0.1, -0.05) is 27.5 Å². The van der Waals surface area contributed by atoms with E-state index in [1.165, 1.54) is 25.6 Å². The summed E-state index contributed by atoms with van der Waals surface area (Å²) in [6.45, 7) is 0. The molecule has 0 aliphatic heterocycles. The molecule has 1 aromatic heterocycles. The zero-order valence-corrected chi connectivity index (χ0v) is 16.6. The van der Waals surface area contributed by atoms with Crippen LogP contribution in [0.5, 0.6) is 5.75 Å². The van der Waals surface area contributed by atoms with Crippen LogP contribution < -0.4 is 15.4 Å². The molecule has 2 aromatic carbocycles. The van der Waals surface area contributed by atoms with Crippen molar-refractivity contribution in [3.63, 3.8) is 0 Å². The number of halogens is 3. The van der Waals surface area contributed by atoms with E-state index >= 15 is 0 Å². The molecule has 1 heterocycles. The molecule has 0 atom stereocenters. The number of nitrogens with one attached hydrogen (secondary N) is 2. The SMILES string of the molecule is COc1cc2ncnc(Nc3ccc(F)c(Cl)c3)c2cc1NC(=O)CCBr. The van der Waals surface area contributed by atoms with Gasteiger partial charge in [0.15, 0.2) is 0 Å². The lowest BCUT2D eigenvalue weighted by molar-refractivity contribution is -0.115. The smallest absolute Gasteiger partial charge is 0.225 e. The summed E-state index contributed by atoms with van der Waals surface area (Å²) in [4.78, 5) is 20.5. The van der Waals surface area contributed by atoms with Crippen LogP contribution in [0.15, 0.2) is 36.7 Å². The number of hydrogen-bond acceptors (Lipinski definition) is 5. The van der Waals surface area contributed by atoms with E-state index in [9.17, 15) is 9.18 Å².